The number of benzene rings is 1. The van der Waals surface area contributed by atoms with Crippen molar-refractivity contribution in [3.8, 4) is 0 Å². The van der Waals surface area contributed by atoms with E-state index in [0.29, 0.717) is 11.6 Å². The van der Waals surface area contributed by atoms with Crippen molar-refractivity contribution in [1.82, 2.24) is 4.57 Å². The molecule has 2 rings (SSSR count). The Balaban J connectivity index is 1.94. The normalized spacial score (nSPS) is 10.4. The first-order valence-electron chi connectivity index (χ1n) is 5.23. The van der Waals surface area contributed by atoms with Crippen LogP contribution in [-0.2, 0) is 18.1 Å². The molecule has 1 aromatic heterocycles. The van der Waals surface area contributed by atoms with Gasteiger partial charge in [-0.3, -0.25) is 9.36 Å². The highest BCUT2D eigenvalue weighted by Gasteiger charge is 1.97. The number of nitrogens with zero attached hydrogens (tertiary/aromatic N) is 1. The fourth-order valence-electron chi connectivity index (χ4n) is 1.44. The van der Waals surface area contributed by atoms with Gasteiger partial charge in [-0.25, -0.2) is 0 Å². The number of halogens is 1. The highest BCUT2D eigenvalue weighted by Crippen LogP contribution is 2.04. The van der Waals surface area contributed by atoms with Crippen LogP contribution in [0.3, 0.4) is 0 Å². The van der Waals surface area contributed by atoms with Crippen LogP contribution in [-0.4, -0.2) is 4.57 Å². The predicted octanol–water partition coefficient (Wildman–Crippen LogP) is 2.68. The fraction of sp³-hybridized carbons (Fsp3) is 0.154. The van der Waals surface area contributed by atoms with Gasteiger partial charge < -0.3 is 4.74 Å². The van der Waals surface area contributed by atoms with E-state index >= 15 is 0 Å². The largest absolute Gasteiger partial charge is 0.356 e. The Morgan fingerprint density at radius 1 is 1.12 bits per heavy atom. The lowest BCUT2D eigenvalue weighted by atomic mass is 10.2. The number of hydrogen-bond donors (Lipinski definition) is 0. The molecule has 3 nitrogen and oxygen atoms in total. The van der Waals surface area contributed by atoms with Crippen LogP contribution in [0.1, 0.15) is 5.56 Å². The fourth-order valence-corrected chi connectivity index (χ4v) is 1.62. The molecular weight excluding hydrogens is 238 g/mol. The van der Waals surface area contributed by atoms with E-state index in [1.165, 1.54) is 10.6 Å². The van der Waals surface area contributed by atoms with Gasteiger partial charge in [-0.1, -0.05) is 41.9 Å². The molecular formula is C13H12ClNO2. The van der Waals surface area contributed by atoms with Gasteiger partial charge in [0.1, 0.15) is 6.73 Å². The topological polar surface area (TPSA) is 31.2 Å². The number of rotatable bonds is 4. The molecule has 2 aromatic rings. The van der Waals surface area contributed by atoms with Gasteiger partial charge in [-0.15, -0.1) is 0 Å². The summed E-state index contributed by atoms with van der Waals surface area (Å²) in [6, 6.07) is 12.8. The third-order valence-electron chi connectivity index (χ3n) is 2.29. The van der Waals surface area contributed by atoms with Crippen molar-refractivity contribution >= 4 is 11.6 Å². The number of pyridine rings is 1. The molecule has 0 saturated heterocycles. The summed E-state index contributed by atoms with van der Waals surface area (Å²) in [4.78, 5) is 11.4. The van der Waals surface area contributed by atoms with Crippen LogP contribution in [0, 0.1) is 0 Å². The van der Waals surface area contributed by atoms with Crippen LogP contribution in [0.5, 0.6) is 0 Å². The van der Waals surface area contributed by atoms with Gasteiger partial charge in [-0.2, -0.15) is 0 Å². The van der Waals surface area contributed by atoms with Gasteiger partial charge in [0.15, 0.2) is 0 Å². The SMILES string of the molecule is O=c1ccc(Cl)cn1COCc1ccccc1. The molecule has 0 aliphatic carbocycles. The molecule has 17 heavy (non-hydrogen) atoms. The Morgan fingerprint density at radius 2 is 1.88 bits per heavy atom. The summed E-state index contributed by atoms with van der Waals surface area (Å²) >= 11 is 5.80. The van der Waals surface area contributed by atoms with Crippen LogP contribution < -0.4 is 5.56 Å². The quantitative estimate of drug-likeness (QED) is 0.834. The molecule has 0 atom stereocenters. The third-order valence-corrected chi connectivity index (χ3v) is 2.51. The monoisotopic (exact) mass is 249 g/mol. The lowest BCUT2D eigenvalue weighted by Gasteiger charge is -2.07. The Labute approximate surface area is 104 Å². The molecule has 0 unspecified atom stereocenters. The maximum atomic E-state index is 11.4. The molecule has 0 radical (unpaired) electrons. The maximum absolute atomic E-state index is 11.4. The Bertz CT molecular complexity index is 537. The Kier molecular flexibility index (Phi) is 3.96. The highest BCUT2D eigenvalue weighted by molar-refractivity contribution is 6.30. The first kappa shape index (κ1) is 11.9. The summed E-state index contributed by atoms with van der Waals surface area (Å²) in [5.74, 6) is 0. The van der Waals surface area contributed by atoms with Crippen molar-refractivity contribution in [3.63, 3.8) is 0 Å². The van der Waals surface area contributed by atoms with Gasteiger partial charge in [-0.05, 0) is 11.6 Å². The van der Waals surface area contributed by atoms with Crippen molar-refractivity contribution in [1.29, 1.82) is 0 Å². The molecule has 1 heterocycles. The second kappa shape index (κ2) is 5.66. The van der Waals surface area contributed by atoms with Crippen LogP contribution in [0.25, 0.3) is 0 Å². The van der Waals surface area contributed by atoms with E-state index in [4.69, 9.17) is 16.3 Å². The Morgan fingerprint density at radius 3 is 2.65 bits per heavy atom. The third kappa shape index (κ3) is 3.44. The lowest BCUT2D eigenvalue weighted by molar-refractivity contribution is 0.0618. The summed E-state index contributed by atoms with van der Waals surface area (Å²) in [6.45, 7) is 0.675. The maximum Gasteiger partial charge on any atom is 0.252 e. The molecule has 0 fully saturated rings. The Hall–Kier alpha value is -1.58. The zero-order valence-electron chi connectivity index (χ0n) is 9.17. The standard InChI is InChI=1S/C13H12ClNO2/c14-12-6-7-13(16)15(8-12)10-17-9-11-4-2-1-3-5-11/h1-8H,9-10H2. The average Bonchev–Trinajstić information content (AvgIpc) is 2.35. The molecule has 0 aliphatic rings. The molecule has 0 bridgehead atoms. The van der Waals surface area contributed by atoms with E-state index in [1.54, 1.807) is 12.3 Å². The molecule has 0 N–H and O–H groups in total. The zero-order chi connectivity index (χ0) is 12.1. The molecule has 0 spiro atoms. The molecule has 0 saturated carbocycles. The number of ether oxygens (including phenoxy) is 1. The summed E-state index contributed by atoms with van der Waals surface area (Å²) in [5.41, 5.74) is 0.949. The van der Waals surface area contributed by atoms with E-state index in [0.717, 1.165) is 5.56 Å². The summed E-state index contributed by atoms with van der Waals surface area (Å²) < 4.78 is 6.88. The zero-order valence-corrected chi connectivity index (χ0v) is 9.93. The van der Waals surface area contributed by atoms with Crippen LogP contribution in [0.15, 0.2) is 53.5 Å². The molecule has 1 aromatic carbocycles. The summed E-state index contributed by atoms with van der Waals surface area (Å²) in [7, 11) is 0. The van der Waals surface area contributed by atoms with E-state index in [-0.39, 0.29) is 12.3 Å². The van der Waals surface area contributed by atoms with Gasteiger partial charge in [0.2, 0.25) is 0 Å². The minimum absolute atomic E-state index is 0.123. The summed E-state index contributed by atoms with van der Waals surface area (Å²) in [6.07, 6.45) is 1.56. The van der Waals surface area contributed by atoms with E-state index in [9.17, 15) is 4.79 Å². The van der Waals surface area contributed by atoms with Crippen molar-refractivity contribution in [2.24, 2.45) is 0 Å². The van der Waals surface area contributed by atoms with Crippen molar-refractivity contribution in [2.45, 2.75) is 13.3 Å². The molecule has 88 valence electrons. The van der Waals surface area contributed by atoms with Crippen molar-refractivity contribution in [3.05, 3.63) is 69.6 Å². The summed E-state index contributed by atoms with van der Waals surface area (Å²) in [5, 5.41) is 0.521. The van der Waals surface area contributed by atoms with Gasteiger partial charge >= 0.3 is 0 Å². The highest BCUT2D eigenvalue weighted by atomic mass is 35.5. The smallest absolute Gasteiger partial charge is 0.252 e. The molecule has 4 heteroatoms. The van der Waals surface area contributed by atoms with E-state index < -0.39 is 0 Å². The molecule has 0 amide bonds. The van der Waals surface area contributed by atoms with Gasteiger partial charge in [0, 0.05) is 12.3 Å². The second-order valence-electron chi connectivity index (χ2n) is 3.62. The first-order chi connectivity index (χ1) is 8.25. The van der Waals surface area contributed by atoms with Crippen LogP contribution >= 0.6 is 11.6 Å². The lowest BCUT2D eigenvalue weighted by Crippen LogP contribution is -2.19. The van der Waals surface area contributed by atoms with Crippen molar-refractivity contribution in [2.75, 3.05) is 0 Å². The van der Waals surface area contributed by atoms with Crippen LogP contribution in [0.4, 0.5) is 0 Å². The average molecular weight is 250 g/mol. The van der Waals surface area contributed by atoms with Gasteiger partial charge in [0.05, 0.1) is 11.6 Å². The second-order valence-corrected chi connectivity index (χ2v) is 4.05. The number of aromatic nitrogens is 1. The first-order valence-corrected chi connectivity index (χ1v) is 5.61. The minimum atomic E-state index is -0.123. The minimum Gasteiger partial charge on any atom is -0.356 e. The predicted molar refractivity (Wildman–Crippen MR) is 66.9 cm³/mol. The molecule has 0 aliphatic heterocycles. The van der Waals surface area contributed by atoms with Crippen LogP contribution in [0.2, 0.25) is 5.02 Å². The van der Waals surface area contributed by atoms with E-state index in [2.05, 4.69) is 0 Å². The van der Waals surface area contributed by atoms with E-state index in [1.807, 2.05) is 30.3 Å². The van der Waals surface area contributed by atoms with Gasteiger partial charge in [0.25, 0.3) is 5.56 Å². The van der Waals surface area contributed by atoms with Crippen molar-refractivity contribution < 1.29 is 4.74 Å². The number of hydrogen-bond acceptors (Lipinski definition) is 2.